The second-order valence-corrected chi connectivity index (χ2v) is 7.70. The highest BCUT2D eigenvalue weighted by atomic mass is 79.9. The molecule has 0 amide bonds. The normalized spacial score (nSPS) is 11.2. The molecule has 0 spiro atoms. The maximum absolute atomic E-state index is 10.8. The molecule has 2 heterocycles. The van der Waals surface area contributed by atoms with E-state index in [-0.39, 0.29) is 5.69 Å². The molecule has 0 aliphatic rings. The smallest absolute Gasteiger partial charge is 0.269 e. The largest absolute Gasteiger partial charge is 0.292 e. The Kier molecular flexibility index (Phi) is 5.14. The van der Waals surface area contributed by atoms with E-state index < -0.39 is 4.92 Å². The molecule has 2 aromatic carbocycles. The van der Waals surface area contributed by atoms with Crippen molar-refractivity contribution in [3.8, 4) is 16.3 Å². The lowest BCUT2D eigenvalue weighted by molar-refractivity contribution is -0.384. The molecule has 138 valence electrons. The summed E-state index contributed by atoms with van der Waals surface area (Å²) in [6.45, 7) is 0. The van der Waals surface area contributed by atoms with Crippen LogP contribution in [-0.4, -0.2) is 9.49 Å². The number of nitrogens with zero attached hydrogens (tertiary/aromatic N) is 4. The Hall–Kier alpha value is -3.10. The summed E-state index contributed by atoms with van der Waals surface area (Å²) in [5.74, 6) is 0.670. The van der Waals surface area contributed by atoms with E-state index in [1.54, 1.807) is 23.5 Å². The van der Waals surface area contributed by atoms with Crippen LogP contribution in [0.3, 0.4) is 0 Å². The number of nitro benzene ring substituents is 1. The summed E-state index contributed by atoms with van der Waals surface area (Å²) in [7, 11) is 0. The second kappa shape index (κ2) is 7.87. The summed E-state index contributed by atoms with van der Waals surface area (Å²) >= 11 is 5.12. The van der Waals surface area contributed by atoms with E-state index in [2.05, 4.69) is 32.2 Å². The van der Waals surface area contributed by atoms with Crippen molar-refractivity contribution in [3.63, 3.8) is 0 Å². The van der Waals surface area contributed by atoms with Gasteiger partial charge in [-0.1, -0.05) is 22.0 Å². The van der Waals surface area contributed by atoms with E-state index in [0.29, 0.717) is 11.5 Å². The number of non-ortho nitro benzene ring substituents is 1. The number of hydrogen-bond acceptors (Lipinski definition) is 5. The molecule has 8 heteroatoms. The molecular formula is C20H13BrN4O2S. The number of aromatic nitrogens is 1. The standard InChI is InChI=1S/C20H13BrN4O2S/c21-14-3-7-16(8-4-14)24-18(19-2-1-13-28-19)11-12-20(24)23-22-15-5-9-17(10-6-15)25(26)27/h1-13H. The predicted octanol–water partition coefficient (Wildman–Crippen LogP) is 7.29. The van der Waals surface area contributed by atoms with Crippen LogP contribution in [-0.2, 0) is 0 Å². The predicted molar refractivity (Wildman–Crippen MR) is 114 cm³/mol. The van der Waals surface area contributed by atoms with Crippen molar-refractivity contribution < 1.29 is 4.92 Å². The van der Waals surface area contributed by atoms with Crippen molar-refractivity contribution >= 4 is 44.5 Å². The van der Waals surface area contributed by atoms with E-state index in [1.807, 2.05) is 52.4 Å². The molecule has 0 unspecified atom stereocenters. The Morgan fingerprint density at radius 3 is 2.32 bits per heavy atom. The molecule has 0 bridgehead atoms. The number of nitro groups is 1. The Morgan fingerprint density at radius 2 is 1.68 bits per heavy atom. The first-order valence-electron chi connectivity index (χ1n) is 8.29. The van der Waals surface area contributed by atoms with Crippen molar-refractivity contribution in [3.05, 3.63) is 92.8 Å². The number of benzene rings is 2. The van der Waals surface area contributed by atoms with Crippen LogP contribution < -0.4 is 0 Å². The van der Waals surface area contributed by atoms with Gasteiger partial charge in [0.25, 0.3) is 5.69 Å². The van der Waals surface area contributed by atoms with Gasteiger partial charge in [0.05, 0.1) is 21.2 Å². The number of hydrogen-bond donors (Lipinski definition) is 0. The average Bonchev–Trinajstić information content (AvgIpc) is 3.37. The van der Waals surface area contributed by atoms with Crippen molar-refractivity contribution in [2.24, 2.45) is 10.2 Å². The van der Waals surface area contributed by atoms with Gasteiger partial charge in [-0.3, -0.25) is 14.7 Å². The molecule has 4 aromatic rings. The zero-order valence-corrected chi connectivity index (χ0v) is 16.8. The molecule has 0 fully saturated rings. The molecule has 4 rings (SSSR count). The highest BCUT2D eigenvalue weighted by Gasteiger charge is 2.13. The van der Waals surface area contributed by atoms with Crippen LogP contribution >= 0.6 is 27.3 Å². The molecule has 0 aliphatic carbocycles. The van der Waals surface area contributed by atoms with Gasteiger partial charge >= 0.3 is 0 Å². The number of rotatable bonds is 5. The van der Waals surface area contributed by atoms with Crippen molar-refractivity contribution in [1.29, 1.82) is 0 Å². The van der Waals surface area contributed by atoms with Gasteiger partial charge in [-0.25, -0.2) is 0 Å². The van der Waals surface area contributed by atoms with Gasteiger partial charge < -0.3 is 0 Å². The summed E-state index contributed by atoms with van der Waals surface area (Å²) in [5, 5.41) is 21.5. The van der Waals surface area contributed by atoms with Gasteiger partial charge in [0.1, 0.15) is 0 Å². The van der Waals surface area contributed by atoms with Crippen LogP contribution in [0.1, 0.15) is 0 Å². The van der Waals surface area contributed by atoms with Gasteiger partial charge in [0.2, 0.25) is 0 Å². The van der Waals surface area contributed by atoms with Gasteiger partial charge in [-0.15, -0.1) is 21.6 Å². The second-order valence-electron chi connectivity index (χ2n) is 5.84. The number of azo groups is 1. The maximum atomic E-state index is 10.8. The molecule has 6 nitrogen and oxygen atoms in total. The fourth-order valence-corrected chi connectivity index (χ4v) is 3.74. The van der Waals surface area contributed by atoms with Crippen LogP contribution in [0.2, 0.25) is 0 Å². The van der Waals surface area contributed by atoms with Crippen LogP contribution in [0.25, 0.3) is 16.3 Å². The summed E-state index contributed by atoms with van der Waals surface area (Å²) in [6.07, 6.45) is 0. The molecule has 28 heavy (non-hydrogen) atoms. The van der Waals surface area contributed by atoms with Crippen molar-refractivity contribution in [1.82, 2.24) is 4.57 Å². The Labute approximate surface area is 173 Å². The van der Waals surface area contributed by atoms with Gasteiger partial charge in [0, 0.05) is 22.3 Å². The van der Waals surface area contributed by atoms with E-state index in [9.17, 15) is 10.1 Å². The highest BCUT2D eigenvalue weighted by molar-refractivity contribution is 9.10. The average molecular weight is 453 g/mol. The van der Waals surface area contributed by atoms with Crippen LogP contribution in [0.15, 0.2) is 92.9 Å². The first-order valence-corrected chi connectivity index (χ1v) is 9.97. The van der Waals surface area contributed by atoms with Crippen molar-refractivity contribution in [2.75, 3.05) is 0 Å². The summed E-state index contributed by atoms with van der Waals surface area (Å²) in [5.41, 5.74) is 2.56. The fraction of sp³-hybridized carbons (Fsp3) is 0. The SMILES string of the molecule is O=[N+]([O-])c1ccc(N=Nc2ccc(-c3cccs3)n2-c2ccc(Br)cc2)cc1. The summed E-state index contributed by atoms with van der Waals surface area (Å²) in [4.78, 5) is 11.5. The lowest BCUT2D eigenvalue weighted by Crippen LogP contribution is -1.95. The molecule has 0 saturated heterocycles. The van der Waals surface area contributed by atoms with Crippen LogP contribution in [0.5, 0.6) is 0 Å². The zero-order chi connectivity index (χ0) is 19.5. The van der Waals surface area contributed by atoms with E-state index >= 15 is 0 Å². The first-order chi connectivity index (χ1) is 13.6. The quantitative estimate of drug-likeness (QED) is 0.181. The molecule has 0 saturated carbocycles. The van der Waals surface area contributed by atoms with E-state index in [4.69, 9.17) is 0 Å². The minimum absolute atomic E-state index is 0.0252. The first kappa shape index (κ1) is 18.3. The Bertz CT molecular complexity index is 1130. The van der Waals surface area contributed by atoms with Crippen molar-refractivity contribution in [2.45, 2.75) is 0 Å². The van der Waals surface area contributed by atoms with Gasteiger partial charge in [-0.2, -0.15) is 0 Å². The Balaban J connectivity index is 1.74. The monoisotopic (exact) mass is 452 g/mol. The molecule has 0 N–H and O–H groups in total. The fourth-order valence-electron chi connectivity index (χ4n) is 2.73. The lowest BCUT2D eigenvalue weighted by atomic mass is 10.3. The minimum atomic E-state index is -0.438. The minimum Gasteiger partial charge on any atom is -0.292 e. The van der Waals surface area contributed by atoms with Crippen LogP contribution in [0, 0.1) is 10.1 Å². The number of halogens is 1. The number of thiophene rings is 1. The summed E-state index contributed by atoms with van der Waals surface area (Å²) < 4.78 is 3.03. The van der Waals surface area contributed by atoms with E-state index in [0.717, 1.165) is 20.7 Å². The third-order valence-electron chi connectivity index (χ3n) is 4.05. The molecule has 0 atom stereocenters. The molecule has 0 aliphatic heterocycles. The highest BCUT2D eigenvalue weighted by Crippen LogP contribution is 2.34. The lowest BCUT2D eigenvalue weighted by Gasteiger charge is -2.10. The maximum Gasteiger partial charge on any atom is 0.269 e. The molecular weight excluding hydrogens is 440 g/mol. The molecule has 0 radical (unpaired) electrons. The van der Waals surface area contributed by atoms with Crippen LogP contribution in [0.4, 0.5) is 17.2 Å². The zero-order valence-electron chi connectivity index (χ0n) is 14.4. The van der Waals surface area contributed by atoms with Gasteiger partial charge in [0.15, 0.2) is 5.82 Å². The Morgan fingerprint density at radius 1 is 0.929 bits per heavy atom. The topological polar surface area (TPSA) is 72.8 Å². The van der Waals surface area contributed by atoms with Gasteiger partial charge in [-0.05, 0) is 60.0 Å². The third-order valence-corrected chi connectivity index (χ3v) is 5.47. The molecule has 2 aromatic heterocycles. The third kappa shape index (κ3) is 3.78. The summed E-state index contributed by atoms with van der Waals surface area (Å²) in [6, 6.07) is 21.9. The van der Waals surface area contributed by atoms with E-state index in [1.165, 1.54) is 12.1 Å².